The van der Waals surface area contributed by atoms with Gasteiger partial charge >= 0.3 is 0 Å². The number of amides is 2. The molecule has 0 fully saturated rings. The Kier molecular flexibility index (Phi) is 5.62. The number of benzene rings is 1. The van der Waals surface area contributed by atoms with Gasteiger partial charge in [-0.3, -0.25) is 9.59 Å². The summed E-state index contributed by atoms with van der Waals surface area (Å²) in [5.41, 5.74) is 2.33. The summed E-state index contributed by atoms with van der Waals surface area (Å²) in [7, 11) is 0. The lowest BCUT2D eigenvalue weighted by Crippen LogP contribution is -2.26. The molecule has 5 nitrogen and oxygen atoms in total. The Hall–Kier alpha value is -2.21. The van der Waals surface area contributed by atoms with Crippen LogP contribution in [0.3, 0.4) is 0 Å². The van der Waals surface area contributed by atoms with E-state index in [-0.39, 0.29) is 23.3 Å². The summed E-state index contributed by atoms with van der Waals surface area (Å²) in [6, 6.07) is 7.30. The van der Waals surface area contributed by atoms with Gasteiger partial charge in [-0.25, -0.2) is 4.98 Å². The van der Waals surface area contributed by atoms with Crippen molar-refractivity contribution in [1.82, 2.24) is 10.3 Å². The zero-order valence-electron chi connectivity index (χ0n) is 15.6. The first-order valence-electron chi connectivity index (χ1n) is 8.24. The van der Waals surface area contributed by atoms with E-state index in [4.69, 9.17) is 0 Å². The molecule has 0 aliphatic carbocycles. The van der Waals surface area contributed by atoms with Gasteiger partial charge in [0.05, 0.1) is 16.7 Å². The van der Waals surface area contributed by atoms with Crippen molar-refractivity contribution < 1.29 is 9.59 Å². The third kappa shape index (κ3) is 4.89. The molecule has 0 aliphatic heterocycles. The highest BCUT2D eigenvalue weighted by molar-refractivity contribution is 7.14. The number of aromatic nitrogens is 1. The van der Waals surface area contributed by atoms with Crippen LogP contribution in [0.25, 0.3) is 0 Å². The molecule has 1 heterocycles. The van der Waals surface area contributed by atoms with Crippen LogP contribution in [0.5, 0.6) is 0 Å². The maximum atomic E-state index is 12.6. The van der Waals surface area contributed by atoms with E-state index in [2.05, 4.69) is 36.4 Å². The average molecular weight is 359 g/mol. The largest absolute Gasteiger partial charge is 0.345 e. The number of aryl methyl sites for hydroxylation is 1. The summed E-state index contributed by atoms with van der Waals surface area (Å²) in [4.78, 5) is 29.0. The van der Waals surface area contributed by atoms with Crippen molar-refractivity contribution in [3.63, 3.8) is 0 Å². The van der Waals surface area contributed by atoms with Crippen molar-refractivity contribution in [1.29, 1.82) is 0 Å². The molecule has 134 valence electrons. The fourth-order valence-corrected chi connectivity index (χ4v) is 3.39. The minimum Gasteiger partial charge on any atom is -0.345 e. The molecule has 0 bridgehead atoms. The van der Waals surface area contributed by atoms with E-state index in [0.29, 0.717) is 4.88 Å². The number of nitrogens with one attached hydrogen (secondary N) is 2. The van der Waals surface area contributed by atoms with Gasteiger partial charge < -0.3 is 10.6 Å². The molecule has 1 atom stereocenters. The van der Waals surface area contributed by atoms with Gasteiger partial charge in [-0.1, -0.05) is 32.9 Å². The Morgan fingerprint density at radius 2 is 1.92 bits per heavy atom. The Morgan fingerprint density at radius 3 is 2.48 bits per heavy atom. The normalized spacial score (nSPS) is 12.6. The molecule has 1 aromatic heterocycles. The molecule has 2 aromatic rings. The number of nitrogens with zero attached hydrogens (tertiary/aromatic N) is 1. The Balaban J connectivity index is 2.15. The Bertz CT molecular complexity index is 790. The lowest BCUT2D eigenvalue weighted by atomic mass is 9.98. The summed E-state index contributed by atoms with van der Waals surface area (Å²) in [5, 5.41) is 6.73. The molecule has 1 aromatic carbocycles. The molecule has 1 unspecified atom stereocenters. The van der Waals surface area contributed by atoms with E-state index in [1.807, 2.05) is 38.1 Å². The molecule has 0 radical (unpaired) electrons. The second-order valence-electron chi connectivity index (χ2n) is 7.19. The standard InChI is InChI=1S/C19H25N3O2S/c1-11(14-8-7-9-15(10-14)22-13(3)23)20-17(24)16-12(2)21-18(25-16)19(4,5)6/h7-11H,1-6H3,(H,20,24)(H,22,23). The molecule has 0 spiro atoms. The van der Waals surface area contributed by atoms with E-state index in [9.17, 15) is 9.59 Å². The first-order chi connectivity index (χ1) is 11.6. The number of hydrogen-bond acceptors (Lipinski definition) is 4. The Labute approximate surface area is 152 Å². The van der Waals surface area contributed by atoms with E-state index in [1.165, 1.54) is 18.3 Å². The molecule has 0 saturated heterocycles. The SMILES string of the molecule is CC(=O)Nc1cccc(C(C)NC(=O)c2sc(C(C)(C)C)nc2C)c1. The molecule has 2 N–H and O–H groups in total. The second-order valence-corrected chi connectivity index (χ2v) is 8.18. The van der Waals surface area contributed by atoms with Crippen LogP contribution in [0.2, 0.25) is 0 Å². The van der Waals surface area contributed by atoms with Crippen molar-refractivity contribution in [2.45, 2.75) is 53.0 Å². The van der Waals surface area contributed by atoms with E-state index in [1.54, 1.807) is 0 Å². The number of rotatable bonds is 4. The van der Waals surface area contributed by atoms with Crippen LogP contribution < -0.4 is 10.6 Å². The third-order valence-corrected chi connectivity index (χ3v) is 5.28. The molecule has 25 heavy (non-hydrogen) atoms. The van der Waals surface area contributed by atoms with E-state index < -0.39 is 0 Å². The molecular formula is C19H25N3O2S. The van der Waals surface area contributed by atoms with Gasteiger partial charge in [0.15, 0.2) is 0 Å². The zero-order valence-corrected chi connectivity index (χ0v) is 16.4. The first-order valence-corrected chi connectivity index (χ1v) is 9.06. The minimum absolute atomic E-state index is 0.0771. The number of carbonyl (C=O) groups excluding carboxylic acids is 2. The van der Waals surface area contributed by atoms with Crippen molar-refractivity contribution in [3.8, 4) is 0 Å². The van der Waals surface area contributed by atoms with Crippen LogP contribution in [0.1, 0.15) is 66.6 Å². The highest BCUT2D eigenvalue weighted by atomic mass is 32.1. The quantitative estimate of drug-likeness (QED) is 0.859. The summed E-state index contributed by atoms with van der Waals surface area (Å²) in [6.45, 7) is 11.5. The highest BCUT2D eigenvalue weighted by Crippen LogP contribution is 2.29. The van der Waals surface area contributed by atoms with Gasteiger partial charge in [0, 0.05) is 18.0 Å². The van der Waals surface area contributed by atoms with Crippen LogP contribution in [0.15, 0.2) is 24.3 Å². The average Bonchev–Trinajstić information content (AvgIpc) is 2.89. The highest BCUT2D eigenvalue weighted by Gasteiger charge is 2.23. The lowest BCUT2D eigenvalue weighted by Gasteiger charge is -2.15. The second kappa shape index (κ2) is 7.35. The van der Waals surface area contributed by atoms with E-state index >= 15 is 0 Å². The summed E-state index contributed by atoms with van der Waals surface area (Å²) >= 11 is 1.44. The van der Waals surface area contributed by atoms with Crippen LogP contribution >= 0.6 is 11.3 Å². The van der Waals surface area contributed by atoms with Gasteiger partial charge in [0.25, 0.3) is 5.91 Å². The molecule has 6 heteroatoms. The smallest absolute Gasteiger partial charge is 0.263 e. The predicted octanol–water partition coefficient (Wildman–Crippen LogP) is 4.20. The summed E-state index contributed by atoms with van der Waals surface area (Å²) < 4.78 is 0. The van der Waals surface area contributed by atoms with Crippen LogP contribution in [-0.4, -0.2) is 16.8 Å². The minimum atomic E-state index is -0.180. The molecule has 0 aliphatic rings. The van der Waals surface area contributed by atoms with Crippen molar-refractivity contribution in [2.75, 3.05) is 5.32 Å². The maximum absolute atomic E-state index is 12.6. The van der Waals surface area contributed by atoms with Crippen LogP contribution in [0, 0.1) is 6.92 Å². The van der Waals surface area contributed by atoms with Gasteiger partial charge in [-0.15, -0.1) is 11.3 Å². The Morgan fingerprint density at radius 1 is 1.24 bits per heavy atom. The fourth-order valence-electron chi connectivity index (χ4n) is 2.36. The van der Waals surface area contributed by atoms with Gasteiger partial charge in [0.1, 0.15) is 4.88 Å². The number of carbonyl (C=O) groups is 2. The lowest BCUT2D eigenvalue weighted by molar-refractivity contribution is -0.114. The number of hydrogen-bond donors (Lipinski definition) is 2. The van der Waals surface area contributed by atoms with Crippen LogP contribution in [0.4, 0.5) is 5.69 Å². The zero-order chi connectivity index (χ0) is 18.8. The van der Waals surface area contributed by atoms with Gasteiger partial charge in [0.2, 0.25) is 5.91 Å². The van der Waals surface area contributed by atoms with E-state index in [0.717, 1.165) is 22.0 Å². The summed E-state index contributed by atoms with van der Waals surface area (Å²) in [5.74, 6) is -0.244. The molecule has 0 saturated carbocycles. The number of anilines is 1. The topological polar surface area (TPSA) is 71.1 Å². The molecule has 2 amide bonds. The van der Waals surface area contributed by atoms with Crippen molar-refractivity contribution >= 4 is 28.8 Å². The van der Waals surface area contributed by atoms with Gasteiger partial charge in [-0.05, 0) is 31.5 Å². The fraction of sp³-hybridized carbons (Fsp3) is 0.421. The first kappa shape index (κ1) is 19.1. The van der Waals surface area contributed by atoms with Crippen molar-refractivity contribution in [2.24, 2.45) is 0 Å². The predicted molar refractivity (Wildman–Crippen MR) is 102 cm³/mol. The van der Waals surface area contributed by atoms with Gasteiger partial charge in [-0.2, -0.15) is 0 Å². The number of thiazole rings is 1. The third-order valence-electron chi connectivity index (χ3n) is 3.70. The molecular weight excluding hydrogens is 334 g/mol. The molecule has 2 rings (SSSR count). The monoisotopic (exact) mass is 359 g/mol. The van der Waals surface area contributed by atoms with Crippen molar-refractivity contribution in [3.05, 3.63) is 45.4 Å². The maximum Gasteiger partial charge on any atom is 0.263 e. The summed E-state index contributed by atoms with van der Waals surface area (Å²) in [6.07, 6.45) is 0. The van der Waals surface area contributed by atoms with Crippen LogP contribution in [-0.2, 0) is 10.2 Å².